The molecule has 2 N–H and O–H groups in total. The summed E-state index contributed by atoms with van der Waals surface area (Å²) < 4.78 is 0. The van der Waals surface area contributed by atoms with Gasteiger partial charge in [0.1, 0.15) is 0 Å². The van der Waals surface area contributed by atoms with Crippen LogP contribution in [0.15, 0.2) is 24.3 Å². The minimum atomic E-state index is -0.0576. The van der Waals surface area contributed by atoms with E-state index in [0.717, 1.165) is 11.1 Å². The summed E-state index contributed by atoms with van der Waals surface area (Å²) in [7, 11) is 0. The number of rotatable bonds is 5. The molecule has 1 rings (SSSR count). The van der Waals surface area contributed by atoms with E-state index in [1.165, 1.54) is 0 Å². The molecule has 0 unspecified atom stereocenters. The molecule has 0 saturated heterocycles. The van der Waals surface area contributed by atoms with E-state index in [4.69, 9.17) is 5.11 Å². The van der Waals surface area contributed by atoms with Gasteiger partial charge in [-0.15, -0.1) is 0 Å². The lowest BCUT2D eigenvalue weighted by atomic mass is 9.97. The first-order valence-corrected chi connectivity index (χ1v) is 5.64. The molecule has 0 aliphatic heterocycles. The third-order valence-electron chi connectivity index (χ3n) is 2.45. The van der Waals surface area contributed by atoms with Crippen molar-refractivity contribution in [2.75, 3.05) is 13.2 Å². The number of benzene rings is 1. The van der Waals surface area contributed by atoms with Gasteiger partial charge in [-0.1, -0.05) is 32.0 Å². The Morgan fingerprint density at radius 1 is 1.38 bits per heavy atom. The highest BCUT2D eigenvalue weighted by Crippen LogP contribution is 2.18. The fraction of sp³-hybridized carbons (Fsp3) is 0.462. The van der Waals surface area contributed by atoms with E-state index in [-0.39, 0.29) is 12.5 Å². The number of carbonyl (C=O) groups excluding carboxylic acids is 1. The Balaban J connectivity index is 2.74. The van der Waals surface area contributed by atoms with Crippen LogP contribution in [0.2, 0.25) is 0 Å². The van der Waals surface area contributed by atoms with Gasteiger partial charge in [-0.25, -0.2) is 0 Å². The minimum absolute atomic E-state index is 0.0576. The Labute approximate surface area is 96.5 Å². The standard InChI is InChI=1S/C13H19NO2/c1-10(2)11-6-3-4-7-12(11)13(16)14-8-5-9-15/h3-4,6-7,10,15H,5,8-9H2,1-2H3,(H,14,16). The molecular weight excluding hydrogens is 202 g/mol. The number of amides is 1. The van der Waals surface area contributed by atoms with Gasteiger partial charge < -0.3 is 10.4 Å². The van der Waals surface area contributed by atoms with E-state index >= 15 is 0 Å². The van der Waals surface area contributed by atoms with Crippen molar-refractivity contribution in [3.05, 3.63) is 35.4 Å². The van der Waals surface area contributed by atoms with Gasteiger partial charge in [-0.3, -0.25) is 4.79 Å². The predicted molar refractivity (Wildman–Crippen MR) is 64.6 cm³/mol. The lowest BCUT2D eigenvalue weighted by molar-refractivity contribution is 0.0950. The molecule has 3 nitrogen and oxygen atoms in total. The zero-order valence-electron chi connectivity index (χ0n) is 9.86. The molecule has 3 heteroatoms. The summed E-state index contributed by atoms with van der Waals surface area (Å²) in [5, 5.41) is 11.4. The molecule has 16 heavy (non-hydrogen) atoms. The Morgan fingerprint density at radius 2 is 2.06 bits per heavy atom. The first kappa shape index (κ1) is 12.7. The van der Waals surface area contributed by atoms with Crippen LogP contribution < -0.4 is 5.32 Å². The largest absolute Gasteiger partial charge is 0.396 e. The van der Waals surface area contributed by atoms with Crippen molar-refractivity contribution in [3.8, 4) is 0 Å². The van der Waals surface area contributed by atoms with E-state index in [1.807, 2.05) is 24.3 Å². The molecule has 0 aliphatic carbocycles. The number of carbonyl (C=O) groups is 1. The van der Waals surface area contributed by atoms with Gasteiger partial charge in [0.25, 0.3) is 5.91 Å². The number of nitrogens with one attached hydrogen (secondary N) is 1. The monoisotopic (exact) mass is 221 g/mol. The third kappa shape index (κ3) is 3.35. The summed E-state index contributed by atoms with van der Waals surface area (Å²) >= 11 is 0. The van der Waals surface area contributed by atoms with Crippen molar-refractivity contribution in [2.45, 2.75) is 26.2 Å². The minimum Gasteiger partial charge on any atom is -0.396 e. The maximum atomic E-state index is 11.9. The Hall–Kier alpha value is -1.35. The van der Waals surface area contributed by atoms with Gasteiger partial charge >= 0.3 is 0 Å². The zero-order chi connectivity index (χ0) is 12.0. The van der Waals surface area contributed by atoms with Crippen molar-refractivity contribution < 1.29 is 9.90 Å². The molecule has 0 spiro atoms. The van der Waals surface area contributed by atoms with E-state index in [0.29, 0.717) is 18.9 Å². The molecule has 0 saturated carbocycles. The second kappa shape index (κ2) is 6.28. The Kier molecular flexibility index (Phi) is 4.99. The van der Waals surface area contributed by atoms with Crippen molar-refractivity contribution in [1.82, 2.24) is 5.32 Å². The van der Waals surface area contributed by atoms with E-state index in [1.54, 1.807) is 0 Å². The summed E-state index contributed by atoms with van der Waals surface area (Å²) in [6.45, 7) is 4.76. The molecule has 1 aromatic carbocycles. The molecule has 0 fully saturated rings. The van der Waals surface area contributed by atoms with Crippen LogP contribution in [0.25, 0.3) is 0 Å². The normalized spacial score (nSPS) is 10.5. The van der Waals surface area contributed by atoms with Gasteiger partial charge in [-0.05, 0) is 24.0 Å². The van der Waals surface area contributed by atoms with Crippen molar-refractivity contribution in [2.24, 2.45) is 0 Å². The smallest absolute Gasteiger partial charge is 0.251 e. The van der Waals surface area contributed by atoms with Crippen LogP contribution in [0.4, 0.5) is 0 Å². The van der Waals surface area contributed by atoms with Crippen LogP contribution in [-0.4, -0.2) is 24.2 Å². The lowest BCUT2D eigenvalue weighted by Crippen LogP contribution is -2.26. The number of aliphatic hydroxyl groups excluding tert-OH is 1. The van der Waals surface area contributed by atoms with Crippen molar-refractivity contribution >= 4 is 5.91 Å². The van der Waals surface area contributed by atoms with Crippen LogP contribution in [0.5, 0.6) is 0 Å². The molecule has 0 aromatic heterocycles. The molecule has 1 amide bonds. The highest BCUT2D eigenvalue weighted by molar-refractivity contribution is 5.95. The van der Waals surface area contributed by atoms with Crippen LogP contribution >= 0.6 is 0 Å². The summed E-state index contributed by atoms with van der Waals surface area (Å²) in [4.78, 5) is 11.9. The van der Waals surface area contributed by atoms with Crippen molar-refractivity contribution in [1.29, 1.82) is 0 Å². The predicted octanol–water partition coefficient (Wildman–Crippen LogP) is 1.92. The fourth-order valence-electron chi connectivity index (χ4n) is 1.58. The second-order valence-electron chi connectivity index (χ2n) is 4.08. The fourth-order valence-corrected chi connectivity index (χ4v) is 1.58. The average molecular weight is 221 g/mol. The van der Waals surface area contributed by atoms with Gasteiger partial charge in [0.05, 0.1) is 0 Å². The van der Waals surface area contributed by atoms with Gasteiger partial charge in [0.2, 0.25) is 0 Å². The maximum absolute atomic E-state index is 11.9. The molecular formula is C13H19NO2. The van der Waals surface area contributed by atoms with Crippen molar-refractivity contribution in [3.63, 3.8) is 0 Å². The molecule has 0 heterocycles. The second-order valence-corrected chi connectivity index (χ2v) is 4.08. The average Bonchev–Trinajstić information content (AvgIpc) is 2.29. The van der Waals surface area contributed by atoms with Gasteiger partial charge in [-0.2, -0.15) is 0 Å². The molecule has 0 aliphatic rings. The Bertz CT molecular complexity index is 348. The first-order chi connectivity index (χ1) is 7.66. The molecule has 1 aromatic rings. The summed E-state index contributed by atoms with van der Waals surface area (Å²) in [5.74, 6) is 0.276. The van der Waals surface area contributed by atoms with Gasteiger partial charge in [0.15, 0.2) is 0 Å². The van der Waals surface area contributed by atoms with Crippen LogP contribution in [0.1, 0.15) is 42.1 Å². The summed E-state index contributed by atoms with van der Waals surface area (Å²) in [6, 6.07) is 7.63. The number of aliphatic hydroxyl groups is 1. The quantitative estimate of drug-likeness (QED) is 0.746. The van der Waals surface area contributed by atoms with Crippen LogP contribution in [0, 0.1) is 0 Å². The highest BCUT2D eigenvalue weighted by Gasteiger charge is 2.11. The van der Waals surface area contributed by atoms with Gasteiger partial charge in [0, 0.05) is 18.7 Å². The summed E-state index contributed by atoms with van der Waals surface area (Å²) in [6.07, 6.45) is 0.593. The molecule has 0 atom stereocenters. The topological polar surface area (TPSA) is 49.3 Å². The third-order valence-corrected chi connectivity index (χ3v) is 2.45. The molecule has 0 bridgehead atoms. The SMILES string of the molecule is CC(C)c1ccccc1C(=O)NCCCO. The van der Waals surface area contributed by atoms with Crippen LogP contribution in [-0.2, 0) is 0 Å². The van der Waals surface area contributed by atoms with E-state index in [9.17, 15) is 4.79 Å². The molecule has 0 radical (unpaired) electrons. The first-order valence-electron chi connectivity index (χ1n) is 5.64. The van der Waals surface area contributed by atoms with Crippen LogP contribution in [0.3, 0.4) is 0 Å². The Morgan fingerprint density at radius 3 is 2.69 bits per heavy atom. The summed E-state index contributed by atoms with van der Waals surface area (Å²) in [5.41, 5.74) is 1.79. The number of hydrogen-bond acceptors (Lipinski definition) is 2. The lowest BCUT2D eigenvalue weighted by Gasteiger charge is -2.12. The maximum Gasteiger partial charge on any atom is 0.251 e. The van der Waals surface area contributed by atoms with E-state index in [2.05, 4.69) is 19.2 Å². The molecule has 88 valence electrons. The number of hydrogen-bond donors (Lipinski definition) is 2. The highest BCUT2D eigenvalue weighted by atomic mass is 16.3. The zero-order valence-corrected chi connectivity index (χ0v) is 9.86. The van der Waals surface area contributed by atoms with E-state index < -0.39 is 0 Å².